The van der Waals surface area contributed by atoms with E-state index >= 15 is 0 Å². The average molecular weight is 482 g/mol. The highest BCUT2D eigenvalue weighted by Crippen LogP contribution is 2.43. The molecule has 1 fully saturated rings. The molecule has 1 atom stereocenters. The van der Waals surface area contributed by atoms with Crippen molar-refractivity contribution in [3.8, 4) is 0 Å². The second kappa shape index (κ2) is 9.66. The highest BCUT2D eigenvalue weighted by atomic mass is 35.5. The van der Waals surface area contributed by atoms with Crippen molar-refractivity contribution >= 4 is 45.9 Å². The molecular weight excluding hydrogens is 454 g/mol. The van der Waals surface area contributed by atoms with Gasteiger partial charge in [0, 0.05) is 22.2 Å². The van der Waals surface area contributed by atoms with Gasteiger partial charge in [0.1, 0.15) is 11.6 Å². The van der Waals surface area contributed by atoms with Crippen molar-refractivity contribution in [2.45, 2.75) is 25.8 Å². The summed E-state index contributed by atoms with van der Waals surface area (Å²) in [6, 6.07) is 12.4. The van der Waals surface area contributed by atoms with Crippen LogP contribution in [0.3, 0.4) is 0 Å². The molecule has 5 rings (SSSR count). The number of benzene rings is 2. The Bertz CT molecular complexity index is 1200. The van der Waals surface area contributed by atoms with Gasteiger partial charge >= 0.3 is 6.03 Å². The number of fused-ring (bicyclic) bond motifs is 3. The SMILES string of the molecule is CCNCC(=O)Nc1ccc(C2NC(=O)N(CN3CCCC3)c3c2oc2cc(Cl)ccc32)cc1. The summed E-state index contributed by atoms with van der Waals surface area (Å²) in [7, 11) is 0. The van der Waals surface area contributed by atoms with Crippen molar-refractivity contribution < 1.29 is 14.0 Å². The van der Waals surface area contributed by atoms with E-state index in [4.69, 9.17) is 16.0 Å². The zero-order chi connectivity index (χ0) is 23.7. The van der Waals surface area contributed by atoms with Gasteiger partial charge in [0.2, 0.25) is 5.91 Å². The number of urea groups is 1. The minimum atomic E-state index is -0.449. The molecular formula is C25H28ClN5O3. The van der Waals surface area contributed by atoms with Gasteiger partial charge in [-0.3, -0.25) is 14.6 Å². The molecule has 1 aromatic heterocycles. The third-order valence-corrected chi connectivity index (χ3v) is 6.54. The van der Waals surface area contributed by atoms with Crippen molar-refractivity contribution in [3.63, 3.8) is 0 Å². The van der Waals surface area contributed by atoms with E-state index < -0.39 is 6.04 Å². The molecule has 3 heterocycles. The van der Waals surface area contributed by atoms with E-state index in [1.807, 2.05) is 43.3 Å². The van der Waals surface area contributed by atoms with Crippen LogP contribution in [0.4, 0.5) is 16.2 Å². The van der Waals surface area contributed by atoms with Gasteiger partial charge in [-0.15, -0.1) is 0 Å². The van der Waals surface area contributed by atoms with Crippen molar-refractivity contribution in [2.24, 2.45) is 0 Å². The minimum absolute atomic E-state index is 0.102. The van der Waals surface area contributed by atoms with Crippen LogP contribution in [0.25, 0.3) is 11.0 Å². The maximum absolute atomic E-state index is 13.3. The molecule has 0 saturated carbocycles. The van der Waals surface area contributed by atoms with Crippen LogP contribution in [0.2, 0.25) is 5.02 Å². The number of likely N-dealkylation sites (N-methyl/N-ethyl adjacent to an activating group) is 1. The highest BCUT2D eigenvalue weighted by molar-refractivity contribution is 6.31. The third kappa shape index (κ3) is 4.49. The second-order valence-electron chi connectivity index (χ2n) is 8.68. The molecule has 1 unspecified atom stereocenters. The summed E-state index contributed by atoms with van der Waals surface area (Å²) in [4.78, 5) is 29.4. The number of rotatable bonds is 7. The van der Waals surface area contributed by atoms with Gasteiger partial charge in [-0.2, -0.15) is 0 Å². The lowest BCUT2D eigenvalue weighted by molar-refractivity contribution is -0.115. The number of anilines is 2. The smallest absolute Gasteiger partial charge is 0.323 e. The van der Waals surface area contributed by atoms with Gasteiger partial charge < -0.3 is 20.4 Å². The molecule has 2 aromatic carbocycles. The first-order valence-electron chi connectivity index (χ1n) is 11.7. The Balaban J connectivity index is 1.47. The van der Waals surface area contributed by atoms with E-state index in [9.17, 15) is 9.59 Å². The molecule has 34 heavy (non-hydrogen) atoms. The van der Waals surface area contributed by atoms with Crippen LogP contribution in [-0.4, -0.2) is 49.7 Å². The molecule has 0 radical (unpaired) electrons. The number of furan rings is 1. The van der Waals surface area contributed by atoms with Crippen LogP contribution in [-0.2, 0) is 4.79 Å². The lowest BCUT2D eigenvalue weighted by Crippen LogP contribution is -2.50. The van der Waals surface area contributed by atoms with Crippen LogP contribution in [0.5, 0.6) is 0 Å². The number of nitrogens with zero attached hydrogens (tertiary/aromatic N) is 2. The number of nitrogens with one attached hydrogen (secondary N) is 3. The maximum atomic E-state index is 13.3. The maximum Gasteiger partial charge on any atom is 0.323 e. The molecule has 3 amide bonds. The first kappa shape index (κ1) is 22.7. The monoisotopic (exact) mass is 481 g/mol. The van der Waals surface area contributed by atoms with E-state index in [1.165, 1.54) is 0 Å². The van der Waals surface area contributed by atoms with E-state index in [-0.39, 0.29) is 18.5 Å². The van der Waals surface area contributed by atoms with Crippen LogP contribution in [0, 0.1) is 0 Å². The highest BCUT2D eigenvalue weighted by Gasteiger charge is 2.37. The summed E-state index contributed by atoms with van der Waals surface area (Å²) in [5, 5.41) is 10.4. The molecule has 3 aromatic rings. The number of carbonyl (C=O) groups is 2. The summed E-state index contributed by atoms with van der Waals surface area (Å²) in [5.41, 5.74) is 3.00. The van der Waals surface area contributed by atoms with Gasteiger partial charge in [-0.25, -0.2) is 4.79 Å². The average Bonchev–Trinajstić information content (AvgIpc) is 3.47. The summed E-state index contributed by atoms with van der Waals surface area (Å²) in [6.45, 7) is 5.41. The van der Waals surface area contributed by atoms with Crippen molar-refractivity contribution in [1.29, 1.82) is 0 Å². The molecule has 3 N–H and O–H groups in total. The van der Waals surface area contributed by atoms with Crippen LogP contribution in [0.1, 0.15) is 37.1 Å². The number of likely N-dealkylation sites (tertiary alicyclic amines) is 1. The lowest BCUT2D eigenvalue weighted by Gasteiger charge is -2.34. The standard InChI is InChI=1S/C25H28ClN5O3/c1-2-27-14-21(32)28-18-8-5-16(6-9-18)22-24-23(19-10-7-17(26)13-20(19)34-24)31(25(33)29-22)15-30-11-3-4-12-30/h5-10,13,22,27H,2-4,11-12,14-15H2,1H3,(H,28,32)(H,29,33). The molecule has 1 saturated heterocycles. The first-order chi connectivity index (χ1) is 16.5. The van der Waals surface area contributed by atoms with E-state index in [1.54, 1.807) is 11.0 Å². The topological polar surface area (TPSA) is 89.8 Å². The van der Waals surface area contributed by atoms with Crippen molar-refractivity contribution in [3.05, 3.63) is 58.8 Å². The zero-order valence-corrected chi connectivity index (χ0v) is 19.8. The summed E-state index contributed by atoms with van der Waals surface area (Å²) < 4.78 is 6.28. The quantitative estimate of drug-likeness (QED) is 0.468. The van der Waals surface area contributed by atoms with Gasteiger partial charge in [-0.05, 0) is 62.3 Å². The Morgan fingerprint density at radius 2 is 1.94 bits per heavy atom. The predicted molar refractivity (Wildman–Crippen MR) is 133 cm³/mol. The molecule has 8 nitrogen and oxygen atoms in total. The molecule has 178 valence electrons. The van der Waals surface area contributed by atoms with E-state index in [0.29, 0.717) is 28.7 Å². The number of halogens is 1. The fraction of sp³-hybridized carbons (Fsp3) is 0.360. The Labute approximate surface area is 203 Å². The molecule has 2 aliphatic rings. The molecule has 9 heteroatoms. The minimum Gasteiger partial charge on any atom is -0.456 e. The number of hydrogen-bond donors (Lipinski definition) is 3. The molecule has 0 bridgehead atoms. The van der Waals surface area contributed by atoms with E-state index in [2.05, 4.69) is 20.9 Å². The molecule has 0 spiro atoms. The summed E-state index contributed by atoms with van der Waals surface area (Å²) >= 11 is 6.23. The van der Waals surface area contributed by atoms with Gasteiger partial charge in [0.05, 0.1) is 18.9 Å². The number of hydrogen-bond acceptors (Lipinski definition) is 5. The fourth-order valence-corrected chi connectivity index (χ4v) is 4.78. The van der Waals surface area contributed by atoms with Gasteiger partial charge in [0.25, 0.3) is 0 Å². The molecule has 0 aliphatic carbocycles. The Kier molecular flexibility index (Phi) is 6.45. The largest absolute Gasteiger partial charge is 0.456 e. The second-order valence-corrected chi connectivity index (χ2v) is 9.12. The Morgan fingerprint density at radius 1 is 1.18 bits per heavy atom. The first-order valence-corrected chi connectivity index (χ1v) is 12.0. The number of amides is 3. The van der Waals surface area contributed by atoms with Crippen molar-refractivity contribution in [2.75, 3.05) is 43.1 Å². The summed E-state index contributed by atoms with van der Waals surface area (Å²) in [6.07, 6.45) is 2.29. The van der Waals surface area contributed by atoms with Crippen molar-refractivity contribution in [1.82, 2.24) is 15.5 Å². The van der Waals surface area contributed by atoms with Gasteiger partial charge in [0.15, 0.2) is 5.76 Å². The summed E-state index contributed by atoms with van der Waals surface area (Å²) in [5.74, 6) is 0.578. The predicted octanol–water partition coefficient (Wildman–Crippen LogP) is 4.31. The lowest BCUT2D eigenvalue weighted by atomic mass is 10.00. The number of carbonyl (C=O) groups excluding carboxylic acids is 2. The van der Waals surface area contributed by atoms with Crippen LogP contribution >= 0.6 is 11.6 Å². The molecule has 2 aliphatic heterocycles. The Hall–Kier alpha value is -3.07. The fourth-order valence-electron chi connectivity index (χ4n) is 4.61. The van der Waals surface area contributed by atoms with Crippen LogP contribution in [0.15, 0.2) is 46.9 Å². The Morgan fingerprint density at radius 3 is 2.68 bits per heavy atom. The van der Waals surface area contributed by atoms with Gasteiger partial charge in [-0.1, -0.05) is 30.7 Å². The zero-order valence-electron chi connectivity index (χ0n) is 19.1. The van der Waals surface area contributed by atoms with E-state index in [0.717, 1.165) is 49.1 Å². The normalized spacial score (nSPS) is 18.2. The third-order valence-electron chi connectivity index (χ3n) is 6.30. The van der Waals surface area contributed by atoms with Crippen LogP contribution < -0.4 is 20.9 Å².